The van der Waals surface area contributed by atoms with E-state index in [1.807, 2.05) is 25.1 Å². The van der Waals surface area contributed by atoms with Gasteiger partial charge in [0.15, 0.2) is 0 Å². The predicted octanol–water partition coefficient (Wildman–Crippen LogP) is 4.52. The lowest BCUT2D eigenvalue weighted by Gasteiger charge is -2.32. The molecule has 162 valence electrons. The Bertz CT molecular complexity index is 1010. The Morgan fingerprint density at radius 1 is 1.23 bits per heavy atom. The molecule has 1 aliphatic rings. The summed E-state index contributed by atoms with van der Waals surface area (Å²) in [5.41, 5.74) is 3.30. The fourth-order valence-corrected chi connectivity index (χ4v) is 4.18. The molecule has 1 saturated heterocycles. The van der Waals surface area contributed by atoms with E-state index < -0.39 is 0 Å². The molecule has 1 fully saturated rings. The van der Waals surface area contributed by atoms with Crippen molar-refractivity contribution < 1.29 is 9.53 Å². The van der Waals surface area contributed by atoms with Gasteiger partial charge in [-0.2, -0.15) is 5.10 Å². The molecule has 6 nitrogen and oxygen atoms in total. The summed E-state index contributed by atoms with van der Waals surface area (Å²) < 4.78 is 5.49. The van der Waals surface area contributed by atoms with Gasteiger partial charge < -0.3 is 10.1 Å². The van der Waals surface area contributed by atoms with Crippen molar-refractivity contribution in [1.82, 2.24) is 20.4 Å². The number of rotatable bonds is 7. The maximum absolute atomic E-state index is 13.0. The van der Waals surface area contributed by atoms with Crippen LogP contribution in [0.1, 0.15) is 35.7 Å². The van der Waals surface area contributed by atoms with Crippen molar-refractivity contribution in [3.63, 3.8) is 0 Å². The Morgan fingerprint density at radius 2 is 2.00 bits per heavy atom. The number of carbonyl (C=O) groups excluding carboxylic acids is 1. The molecule has 1 aliphatic heterocycles. The highest BCUT2D eigenvalue weighted by molar-refractivity contribution is 6.32. The van der Waals surface area contributed by atoms with Crippen molar-refractivity contribution in [1.29, 1.82) is 0 Å². The maximum atomic E-state index is 13.0. The summed E-state index contributed by atoms with van der Waals surface area (Å²) in [7, 11) is 0. The number of nitrogens with one attached hydrogen (secondary N) is 2. The summed E-state index contributed by atoms with van der Waals surface area (Å²) in [6, 6.07) is 16.1. The second-order valence-corrected chi connectivity index (χ2v) is 8.15. The Labute approximate surface area is 187 Å². The monoisotopic (exact) mass is 438 g/mol. The number of nitrogens with zero attached hydrogens (tertiary/aromatic N) is 2. The van der Waals surface area contributed by atoms with Crippen molar-refractivity contribution in [3.8, 4) is 17.0 Å². The van der Waals surface area contributed by atoms with E-state index in [-0.39, 0.29) is 11.9 Å². The lowest BCUT2D eigenvalue weighted by Crippen LogP contribution is -2.44. The highest BCUT2D eigenvalue weighted by Crippen LogP contribution is 2.31. The third kappa shape index (κ3) is 5.27. The number of benzene rings is 2. The van der Waals surface area contributed by atoms with E-state index in [2.05, 4.69) is 44.7 Å². The van der Waals surface area contributed by atoms with E-state index in [1.54, 1.807) is 12.3 Å². The molecule has 0 bridgehead atoms. The molecule has 31 heavy (non-hydrogen) atoms. The van der Waals surface area contributed by atoms with Gasteiger partial charge in [0, 0.05) is 31.2 Å². The molecule has 0 saturated carbocycles. The van der Waals surface area contributed by atoms with Crippen molar-refractivity contribution in [2.24, 2.45) is 0 Å². The molecule has 2 N–H and O–H groups in total. The average Bonchev–Trinajstić information content (AvgIpc) is 3.28. The van der Waals surface area contributed by atoms with Crippen molar-refractivity contribution in [2.75, 3.05) is 19.7 Å². The first-order valence-corrected chi connectivity index (χ1v) is 11.0. The number of H-pyrrole nitrogens is 1. The molecule has 1 aromatic heterocycles. The van der Waals surface area contributed by atoms with E-state index >= 15 is 0 Å². The molecule has 0 aliphatic carbocycles. The number of piperidine rings is 1. The van der Waals surface area contributed by atoms with Gasteiger partial charge >= 0.3 is 0 Å². The molecular weight excluding hydrogens is 412 g/mol. The fourth-order valence-electron chi connectivity index (χ4n) is 3.95. The molecule has 4 rings (SSSR count). The second kappa shape index (κ2) is 9.98. The Balaban J connectivity index is 1.36. The zero-order valence-electron chi connectivity index (χ0n) is 17.6. The van der Waals surface area contributed by atoms with E-state index in [0.717, 1.165) is 38.0 Å². The van der Waals surface area contributed by atoms with Gasteiger partial charge in [0.1, 0.15) is 5.75 Å². The molecule has 0 radical (unpaired) electrons. The van der Waals surface area contributed by atoms with Crippen molar-refractivity contribution in [3.05, 3.63) is 70.9 Å². The number of halogens is 1. The first kappa shape index (κ1) is 21.4. The first-order valence-electron chi connectivity index (χ1n) is 10.7. The maximum Gasteiger partial charge on any atom is 0.255 e. The van der Waals surface area contributed by atoms with Gasteiger partial charge in [-0.05, 0) is 43.5 Å². The van der Waals surface area contributed by atoms with Crippen LogP contribution in [0.5, 0.6) is 5.75 Å². The average molecular weight is 439 g/mol. The summed E-state index contributed by atoms with van der Waals surface area (Å²) in [5, 5.41) is 10.7. The fraction of sp³-hybridized carbons (Fsp3) is 0.333. The van der Waals surface area contributed by atoms with Crippen LogP contribution in [0.15, 0.2) is 54.7 Å². The third-order valence-corrected chi connectivity index (χ3v) is 5.87. The standard InChI is InChI=1S/C24H27ClN4O2/c1-2-31-22-9-8-18(14-21(22)25)23-20(15-26-28-23)24(30)27-19-10-12-29(13-11-19)16-17-6-4-3-5-7-17/h3-9,14-15,19H,2,10-13,16H2,1H3,(H,26,28)(H,27,30). The number of likely N-dealkylation sites (tertiary alicyclic amines) is 1. The molecule has 1 amide bonds. The summed E-state index contributed by atoms with van der Waals surface area (Å²) in [6.07, 6.45) is 3.43. The quantitative estimate of drug-likeness (QED) is 0.568. The van der Waals surface area contributed by atoms with Crippen LogP contribution in [0, 0.1) is 0 Å². The number of aromatic amines is 1. The Morgan fingerprint density at radius 3 is 2.71 bits per heavy atom. The minimum atomic E-state index is -0.115. The first-order chi connectivity index (χ1) is 15.1. The molecular formula is C24H27ClN4O2. The normalized spacial score (nSPS) is 15.0. The number of carbonyl (C=O) groups is 1. The third-order valence-electron chi connectivity index (χ3n) is 5.58. The number of aromatic nitrogens is 2. The topological polar surface area (TPSA) is 70.2 Å². The number of amides is 1. The van der Waals surface area contributed by atoms with Crippen molar-refractivity contribution >= 4 is 17.5 Å². The van der Waals surface area contributed by atoms with Crippen LogP contribution in [0.3, 0.4) is 0 Å². The van der Waals surface area contributed by atoms with Crippen LogP contribution in [0.4, 0.5) is 0 Å². The van der Waals surface area contributed by atoms with Gasteiger partial charge in [-0.1, -0.05) is 41.9 Å². The Kier molecular flexibility index (Phi) is 6.89. The van der Waals surface area contributed by atoms with E-state index in [1.165, 1.54) is 5.56 Å². The van der Waals surface area contributed by atoms with Gasteiger partial charge in [-0.25, -0.2) is 0 Å². The minimum Gasteiger partial charge on any atom is -0.492 e. The predicted molar refractivity (Wildman–Crippen MR) is 122 cm³/mol. The zero-order valence-corrected chi connectivity index (χ0v) is 18.4. The molecule has 0 spiro atoms. The van der Waals surface area contributed by atoms with E-state index in [0.29, 0.717) is 28.6 Å². The SMILES string of the molecule is CCOc1ccc(-c2[nH]ncc2C(=O)NC2CCN(Cc3ccccc3)CC2)cc1Cl. The summed E-state index contributed by atoms with van der Waals surface area (Å²) in [6.45, 7) is 5.33. The van der Waals surface area contributed by atoms with E-state index in [9.17, 15) is 4.79 Å². The highest BCUT2D eigenvalue weighted by atomic mass is 35.5. The van der Waals surface area contributed by atoms with Gasteiger partial charge in [-0.3, -0.25) is 14.8 Å². The highest BCUT2D eigenvalue weighted by Gasteiger charge is 2.23. The summed E-state index contributed by atoms with van der Waals surface area (Å²) in [4.78, 5) is 15.4. The molecule has 2 aromatic carbocycles. The van der Waals surface area contributed by atoms with Crippen LogP contribution < -0.4 is 10.1 Å². The largest absolute Gasteiger partial charge is 0.492 e. The van der Waals surface area contributed by atoms with E-state index in [4.69, 9.17) is 16.3 Å². The lowest BCUT2D eigenvalue weighted by atomic mass is 10.0. The number of ether oxygens (including phenoxy) is 1. The van der Waals surface area contributed by atoms with Crippen LogP contribution in [-0.2, 0) is 6.54 Å². The number of hydrogen-bond acceptors (Lipinski definition) is 4. The van der Waals surface area contributed by atoms with Gasteiger partial charge in [0.25, 0.3) is 5.91 Å². The Hall–Kier alpha value is -2.83. The summed E-state index contributed by atoms with van der Waals surface area (Å²) >= 11 is 6.32. The molecule has 0 unspecified atom stereocenters. The zero-order chi connectivity index (χ0) is 21.6. The van der Waals surface area contributed by atoms with Gasteiger partial charge in [-0.15, -0.1) is 0 Å². The second-order valence-electron chi connectivity index (χ2n) is 7.75. The summed E-state index contributed by atoms with van der Waals surface area (Å²) in [5.74, 6) is 0.510. The van der Waals surface area contributed by atoms with Crippen LogP contribution in [0.2, 0.25) is 5.02 Å². The van der Waals surface area contributed by atoms with Crippen LogP contribution in [-0.4, -0.2) is 46.7 Å². The molecule has 0 atom stereocenters. The minimum absolute atomic E-state index is 0.115. The number of hydrogen-bond donors (Lipinski definition) is 2. The van der Waals surface area contributed by atoms with Crippen molar-refractivity contribution in [2.45, 2.75) is 32.4 Å². The van der Waals surface area contributed by atoms with Crippen LogP contribution in [0.25, 0.3) is 11.3 Å². The smallest absolute Gasteiger partial charge is 0.255 e. The van der Waals surface area contributed by atoms with Gasteiger partial charge in [0.05, 0.1) is 29.1 Å². The molecule has 2 heterocycles. The lowest BCUT2D eigenvalue weighted by molar-refractivity contribution is 0.0909. The molecule has 7 heteroatoms. The molecule has 3 aromatic rings. The van der Waals surface area contributed by atoms with Crippen LogP contribution >= 0.6 is 11.6 Å². The van der Waals surface area contributed by atoms with Gasteiger partial charge in [0.2, 0.25) is 0 Å².